The number of nitrogens with one attached hydrogen (secondary N) is 1. The van der Waals surface area contributed by atoms with Crippen molar-refractivity contribution in [1.82, 2.24) is 9.62 Å². The molecule has 3 aromatic rings. The molecule has 5 rings (SSSR count). The Morgan fingerprint density at radius 1 is 1.02 bits per heavy atom. The number of hydrogen-bond acceptors (Lipinski definition) is 8. The van der Waals surface area contributed by atoms with Crippen molar-refractivity contribution in [3.8, 4) is 11.5 Å². The van der Waals surface area contributed by atoms with E-state index in [2.05, 4.69) is 42.3 Å². The van der Waals surface area contributed by atoms with Gasteiger partial charge >= 0.3 is 0 Å². The van der Waals surface area contributed by atoms with E-state index in [1.165, 1.54) is 0 Å². The van der Waals surface area contributed by atoms with Crippen molar-refractivity contribution in [3.63, 3.8) is 0 Å². The topological polar surface area (TPSA) is 89.6 Å². The highest BCUT2D eigenvalue weighted by molar-refractivity contribution is 7.89. The molecule has 0 saturated carbocycles. The highest BCUT2D eigenvalue weighted by atomic mass is 32.2. The number of piperidine rings is 1. The number of hydrogen-bond donors (Lipinski definition) is 1. The minimum Gasteiger partial charge on any atom is -0.497 e. The maximum Gasteiger partial charge on any atom is 0.243 e. The molecule has 0 radical (unpaired) electrons. The summed E-state index contributed by atoms with van der Waals surface area (Å²) in [6, 6.07) is 21.6. The molecule has 47 heavy (non-hydrogen) atoms. The van der Waals surface area contributed by atoms with E-state index in [0.29, 0.717) is 43.6 Å². The summed E-state index contributed by atoms with van der Waals surface area (Å²) in [7, 11) is -0.380. The van der Waals surface area contributed by atoms with Crippen molar-refractivity contribution in [2.75, 3.05) is 58.5 Å². The van der Waals surface area contributed by atoms with E-state index in [-0.39, 0.29) is 24.6 Å². The third-order valence-corrected chi connectivity index (χ3v) is 11.1. The van der Waals surface area contributed by atoms with E-state index in [4.69, 9.17) is 18.9 Å². The molecule has 10 heteroatoms. The highest BCUT2D eigenvalue weighted by Gasteiger charge is 2.42. The monoisotopic (exact) mass is 665 g/mol. The van der Waals surface area contributed by atoms with E-state index in [1.54, 1.807) is 30.7 Å². The SMILES string of the molecule is COCCCN1CCOc2ccc(CO[C@H]3CN(S(=O)(=O)c4ccc(C)cc4)[C@H](CCNC(C)C)C[C@@H]3c3ccc(OC)cc3)cc21. The van der Waals surface area contributed by atoms with Gasteiger partial charge < -0.3 is 29.2 Å². The molecule has 3 aromatic carbocycles. The summed E-state index contributed by atoms with van der Waals surface area (Å²) in [4.78, 5) is 2.66. The smallest absolute Gasteiger partial charge is 0.243 e. The van der Waals surface area contributed by atoms with Gasteiger partial charge in [0.2, 0.25) is 10.0 Å². The normalized spacial score (nSPS) is 20.2. The molecule has 0 unspecified atom stereocenters. The van der Waals surface area contributed by atoms with Gasteiger partial charge in [0.25, 0.3) is 0 Å². The first kappa shape index (κ1) is 35.2. The molecule has 0 aromatic heterocycles. The molecule has 9 nitrogen and oxygen atoms in total. The highest BCUT2D eigenvalue weighted by Crippen LogP contribution is 2.39. The summed E-state index contributed by atoms with van der Waals surface area (Å²) in [5.41, 5.74) is 4.22. The Morgan fingerprint density at radius 3 is 2.49 bits per heavy atom. The fraction of sp³-hybridized carbons (Fsp3) is 0.514. The average Bonchev–Trinajstić information content (AvgIpc) is 3.07. The van der Waals surface area contributed by atoms with Gasteiger partial charge in [-0.1, -0.05) is 49.7 Å². The Hall–Kier alpha value is -3.15. The number of rotatable bonds is 15. The summed E-state index contributed by atoms with van der Waals surface area (Å²) < 4.78 is 53.7. The van der Waals surface area contributed by atoms with Crippen LogP contribution in [0.1, 0.15) is 55.7 Å². The van der Waals surface area contributed by atoms with E-state index >= 15 is 0 Å². The van der Waals surface area contributed by atoms with Crippen LogP contribution in [0, 0.1) is 6.92 Å². The van der Waals surface area contributed by atoms with Gasteiger partial charge in [0, 0.05) is 44.8 Å². The Balaban J connectivity index is 1.43. The molecular formula is C37H51N3O6S. The van der Waals surface area contributed by atoms with Crippen molar-refractivity contribution >= 4 is 15.7 Å². The van der Waals surface area contributed by atoms with Gasteiger partial charge in [0.15, 0.2) is 0 Å². The van der Waals surface area contributed by atoms with Gasteiger partial charge in [0.05, 0.1) is 36.9 Å². The molecule has 0 bridgehead atoms. The minimum absolute atomic E-state index is 0.000858. The van der Waals surface area contributed by atoms with Gasteiger partial charge in [-0.15, -0.1) is 0 Å². The maximum absolute atomic E-state index is 14.3. The fourth-order valence-corrected chi connectivity index (χ4v) is 8.25. The number of ether oxygens (including phenoxy) is 4. The second-order valence-corrected chi connectivity index (χ2v) is 14.8. The Kier molecular flexibility index (Phi) is 12.2. The second-order valence-electron chi connectivity index (χ2n) is 12.9. The van der Waals surface area contributed by atoms with Crippen LogP contribution in [0.15, 0.2) is 71.6 Å². The van der Waals surface area contributed by atoms with Crippen LogP contribution in [0.25, 0.3) is 0 Å². The first-order valence-corrected chi connectivity index (χ1v) is 18.2. The van der Waals surface area contributed by atoms with Crippen LogP contribution in [0.5, 0.6) is 11.5 Å². The summed E-state index contributed by atoms with van der Waals surface area (Å²) in [5.74, 6) is 1.66. The van der Waals surface area contributed by atoms with E-state index in [0.717, 1.165) is 59.9 Å². The van der Waals surface area contributed by atoms with Crippen molar-refractivity contribution in [3.05, 3.63) is 83.4 Å². The summed E-state index contributed by atoms with van der Waals surface area (Å²) >= 11 is 0. The average molecular weight is 666 g/mol. The molecule has 0 spiro atoms. The van der Waals surface area contributed by atoms with Gasteiger partial charge in [-0.2, -0.15) is 4.31 Å². The van der Waals surface area contributed by atoms with Crippen LogP contribution in [0.2, 0.25) is 0 Å². The van der Waals surface area contributed by atoms with Crippen molar-refractivity contribution < 1.29 is 27.4 Å². The van der Waals surface area contributed by atoms with Crippen LogP contribution in [-0.2, 0) is 26.1 Å². The van der Waals surface area contributed by atoms with Gasteiger partial charge in [0.1, 0.15) is 18.1 Å². The second kappa shape index (κ2) is 16.3. The summed E-state index contributed by atoms with van der Waals surface area (Å²) in [6.07, 6.45) is 1.92. The molecule has 2 aliphatic rings. The largest absolute Gasteiger partial charge is 0.497 e. The zero-order chi connectivity index (χ0) is 33.4. The van der Waals surface area contributed by atoms with E-state index in [1.807, 2.05) is 43.3 Å². The lowest BCUT2D eigenvalue weighted by Crippen LogP contribution is -2.53. The summed E-state index contributed by atoms with van der Waals surface area (Å²) in [6.45, 7) is 10.6. The van der Waals surface area contributed by atoms with Crippen LogP contribution in [0.4, 0.5) is 5.69 Å². The molecular weight excluding hydrogens is 614 g/mol. The lowest BCUT2D eigenvalue weighted by Gasteiger charge is -2.43. The lowest BCUT2D eigenvalue weighted by atomic mass is 9.83. The van der Waals surface area contributed by atoms with Gasteiger partial charge in [-0.05, 0) is 80.3 Å². The Labute approximate surface area is 281 Å². The maximum atomic E-state index is 14.3. The molecule has 1 saturated heterocycles. The summed E-state index contributed by atoms with van der Waals surface area (Å²) in [5, 5.41) is 3.49. The number of aryl methyl sites for hydroxylation is 1. The minimum atomic E-state index is -3.77. The van der Waals surface area contributed by atoms with Crippen LogP contribution in [0.3, 0.4) is 0 Å². The standard InChI is InChI=1S/C37H51N3O6S/c1-27(2)38-18-17-31-24-34(30-10-12-32(44-5)13-11-30)37(25-40(31)47(41,42)33-14-7-28(3)8-15-33)46-26-29-9-16-36-35(23-29)39(20-22-45-36)19-6-21-43-4/h7-16,23,27,31,34,37-38H,6,17-22,24-26H2,1-5H3/t31-,34-,37+/m1/s1. The van der Waals surface area contributed by atoms with Crippen molar-refractivity contribution in [2.45, 2.75) is 75.6 Å². The first-order valence-electron chi connectivity index (χ1n) is 16.8. The van der Waals surface area contributed by atoms with E-state index < -0.39 is 10.0 Å². The first-order chi connectivity index (χ1) is 22.7. The fourth-order valence-electron chi connectivity index (χ4n) is 6.57. The third kappa shape index (κ3) is 8.86. The number of benzene rings is 3. The van der Waals surface area contributed by atoms with Gasteiger partial charge in [-0.25, -0.2) is 8.42 Å². The predicted molar refractivity (Wildman–Crippen MR) is 186 cm³/mol. The number of fused-ring (bicyclic) bond motifs is 1. The number of sulfonamides is 1. The third-order valence-electron chi connectivity index (χ3n) is 9.17. The molecule has 3 atom stereocenters. The van der Waals surface area contributed by atoms with Gasteiger partial charge in [-0.3, -0.25) is 0 Å². The molecule has 2 aliphatic heterocycles. The molecule has 256 valence electrons. The molecule has 0 amide bonds. The lowest BCUT2D eigenvalue weighted by molar-refractivity contribution is -0.0207. The molecule has 1 fully saturated rings. The predicted octanol–water partition coefficient (Wildman–Crippen LogP) is 5.76. The Morgan fingerprint density at radius 2 is 1.79 bits per heavy atom. The molecule has 1 N–H and O–H groups in total. The molecule has 0 aliphatic carbocycles. The number of nitrogens with zero attached hydrogens (tertiary/aromatic N) is 2. The quantitative estimate of drug-likeness (QED) is 0.205. The van der Waals surface area contributed by atoms with Crippen molar-refractivity contribution in [2.24, 2.45) is 0 Å². The Bertz CT molecular complexity index is 1530. The zero-order valence-corrected chi connectivity index (χ0v) is 29.3. The van der Waals surface area contributed by atoms with Crippen LogP contribution >= 0.6 is 0 Å². The number of anilines is 1. The molecule has 2 heterocycles. The zero-order valence-electron chi connectivity index (χ0n) is 28.5. The number of methoxy groups -OCH3 is 2. The van der Waals surface area contributed by atoms with Crippen LogP contribution in [-0.4, -0.2) is 84.5 Å². The van der Waals surface area contributed by atoms with Crippen LogP contribution < -0.4 is 19.7 Å². The van der Waals surface area contributed by atoms with E-state index in [9.17, 15) is 8.42 Å². The van der Waals surface area contributed by atoms with Crippen molar-refractivity contribution in [1.29, 1.82) is 0 Å².